The molecule has 0 saturated heterocycles. The van der Waals surface area contributed by atoms with E-state index in [0.717, 1.165) is 22.2 Å². The molecule has 5 rings (SSSR count). The highest BCUT2D eigenvalue weighted by molar-refractivity contribution is 7.07. The molecule has 0 spiro atoms. The van der Waals surface area contributed by atoms with Gasteiger partial charge in [-0.3, -0.25) is 9.36 Å². The lowest BCUT2D eigenvalue weighted by Crippen LogP contribution is -2.40. The number of hydrogen-bond donors (Lipinski definition) is 0. The van der Waals surface area contributed by atoms with Crippen LogP contribution < -0.4 is 19.6 Å². The summed E-state index contributed by atoms with van der Waals surface area (Å²) in [6.07, 6.45) is 7.47. The van der Waals surface area contributed by atoms with Crippen molar-refractivity contribution in [2.45, 2.75) is 53.3 Å². The molecule has 2 aromatic heterocycles. The van der Waals surface area contributed by atoms with Gasteiger partial charge in [0.05, 0.1) is 35.1 Å². The number of para-hydroxylation sites is 2. The number of aromatic nitrogens is 2. The van der Waals surface area contributed by atoms with Crippen LogP contribution in [0.3, 0.4) is 0 Å². The molecule has 8 heteroatoms. The summed E-state index contributed by atoms with van der Waals surface area (Å²) in [5.74, 6) is 2.82. The lowest BCUT2D eigenvalue weighted by atomic mass is 9.95. The van der Waals surface area contributed by atoms with Gasteiger partial charge in [-0.25, -0.2) is 9.79 Å². The highest BCUT2D eigenvalue weighted by atomic mass is 32.1. The van der Waals surface area contributed by atoms with Crippen molar-refractivity contribution < 1.29 is 14.3 Å². The van der Waals surface area contributed by atoms with Gasteiger partial charge in [0, 0.05) is 27.7 Å². The summed E-state index contributed by atoms with van der Waals surface area (Å²) in [6, 6.07) is 14.7. The van der Waals surface area contributed by atoms with Crippen LogP contribution in [0.25, 0.3) is 17.0 Å². The summed E-state index contributed by atoms with van der Waals surface area (Å²) in [6.45, 7) is 10.1. The number of benzene rings is 2. The SMILES string of the molecule is C#CCn1c(C)c(/C=c2\sc3n(c2=O)[C@@H](c2ccccc2OC(C)C)C(C(=O)OCC)=C(C)N=3)c2ccccc21. The smallest absolute Gasteiger partial charge is 0.338 e. The van der Waals surface area contributed by atoms with E-state index in [0.29, 0.717) is 38.5 Å². The average Bonchev–Trinajstić information content (AvgIpc) is 3.37. The Balaban J connectivity index is 1.79. The first-order valence-electron chi connectivity index (χ1n) is 13.2. The van der Waals surface area contributed by atoms with Gasteiger partial charge < -0.3 is 14.0 Å². The van der Waals surface area contributed by atoms with Crippen molar-refractivity contribution in [3.05, 3.63) is 96.3 Å². The van der Waals surface area contributed by atoms with E-state index in [1.165, 1.54) is 11.3 Å². The summed E-state index contributed by atoms with van der Waals surface area (Å²) >= 11 is 1.30. The highest BCUT2D eigenvalue weighted by Gasteiger charge is 2.35. The van der Waals surface area contributed by atoms with Gasteiger partial charge in [0.1, 0.15) is 11.8 Å². The van der Waals surface area contributed by atoms with E-state index in [-0.39, 0.29) is 18.3 Å². The number of carbonyl (C=O) groups is 1. The molecule has 0 amide bonds. The van der Waals surface area contributed by atoms with Gasteiger partial charge in [0.25, 0.3) is 5.56 Å². The number of nitrogens with zero attached hydrogens (tertiary/aromatic N) is 3. The predicted octanol–water partition coefficient (Wildman–Crippen LogP) is 4.48. The number of thiazole rings is 1. The standard InChI is InChI=1S/C32H31N3O4S/c1-7-17-34-21(6)24(22-13-9-11-15-25(22)34)18-27-30(36)35-29(23-14-10-12-16-26(23)39-19(3)4)28(31(37)38-8-2)20(5)33-32(35)40-27/h1,9-16,18-19,29H,8,17H2,2-6H3/b27-18-/t29-/m0/s1. The molecule has 1 atom stereocenters. The molecule has 2 aromatic carbocycles. The molecule has 0 radical (unpaired) electrons. The lowest BCUT2D eigenvalue weighted by Gasteiger charge is -2.26. The normalized spacial score (nSPS) is 15.2. The Morgan fingerprint density at radius 1 is 1.18 bits per heavy atom. The minimum Gasteiger partial charge on any atom is -0.491 e. The van der Waals surface area contributed by atoms with Gasteiger partial charge in [-0.15, -0.1) is 6.42 Å². The summed E-state index contributed by atoms with van der Waals surface area (Å²) in [5, 5.41) is 1.01. The van der Waals surface area contributed by atoms with Crippen molar-refractivity contribution in [2.75, 3.05) is 6.61 Å². The van der Waals surface area contributed by atoms with E-state index in [1.807, 2.05) is 75.4 Å². The molecule has 1 aliphatic heterocycles. The minimum absolute atomic E-state index is 0.101. The number of fused-ring (bicyclic) bond motifs is 2. The van der Waals surface area contributed by atoms with Crippen LogP contribution >= 0.6 is 11.3 Å². The van der Waals surface area contributed by atoms with E-state index in [2.05, 4.69) is 10.5 Å². The Hall–Kier alpha value is -4.35. The molecule has 7 nitrogen and oxygen atoms in total. The second-order valence-electron chi connectivity index (χ2n) is 9.81. The molecule has 4 aromatic rings. The van der Waals surface area contributed by atoms with Crippen LogP contribution in [0, 0.1) is 19.3 Å². The Kier molecular flexibility index (Phi) is 7.51. The van der Waals surface area contributed by atoms with Crippen molar-refractivity contribution in [1.29, 1.82) is 0 Å². The quantitative estimate of drug-likeness (QED) is 0.250. The highest BCUT2D eigenvalue weighted by Crippen LogP contribution is 2.36. The maximum atomic E-state index is 14.2. The summed E-state index contributed by atoms with van der Waals surface area (Å²) < 4.78 is 15.7. The van der Waals surface area contributed by atoms with Crippen LogP contribution in [0.5, 0.6) is 5.75 Å². The maximum absolute atomic E-state index is 14.2. The second kappa shape index (κ2) is 11.0. The topological polar surface area (TPSA) is 74.8 Å². The number of esters is 1. The Morgan fingerprint density at radius 3 is 2.62 bits per heavy atom. The summed E-state index contributed by atoms with van der Waals surface area (Å²) in [4.78, 5) is 32.7. The fourth-order valence-corrected chi connectivity index (χ4v) is 6.25. The summed E-state index contributed by atoms with van der Waals surface area (Å²) in [5.41, 5.74) is 4.20. The van der Waals surface area contributed by atoms with Gasteiger partial charge in [0.15, 0.2) is 4.80 Å². The molecule has 0 N–H and O–H groups in total. The maximum Gasteiger partial charge on any atom is 0.338 e. The zero-order chi connectivity index (χ0) is 28.6. The second-order valence-corrected chi connectivity index (χ2v) is 10.8. The van der Waals surface area contributed by atoms with Crippen LogP contribution in [0.15, 0.2) is 69.6 Å². The molecule has 3 heterocycles. The van der Waals surface area contributed by atoms with E-state index in [1.54, 1.807) is 18.4 Å². The molecule has 0 saturated carbocycles. The molecule has 0 aliphatic carbocycles. The largest absolute Gasteiger partial charge is 0.491 e. The van der Waals surface area contributed by atoms with Crippen molar-refractivity contribution in [1.82, 2.24) is 9.13 Å². The fourth-order valence-electron chi connectivity index (χ4n) is 5.22. The fraction of sp³-hybridized carbons (Fsp3) is 0.281. The molecule has 204 valence electrons. The molecule has 0 fully saturated rings. The molecular weight excluding hydrogens is 522 g/mol. The number of ether oxygens (including phenoxy) is 2. The van der Waals surface area contributed by atoms with Gasteiger partial charge in [0.2, 0.25) is 0 Å². The number of allylic oxidation sites excluding steroid dienone is 1. The van der Waals surface area contributed by atoms with Crippen LogP contribution in [0.2, 0.25) is 0 Å². The Bertz CT molecular complexity index is 1880. The van der Waals surface area contributed by atoms with Crippen molar-refractivity contribution in [2.24, 2.45) is 4.99 Å². The van der Waals surface area contributed by atoms with Crippen molar-refractivity contribution >= 4 is 34.3 Å². The third-order valence-corrected chi connectivity index (χ3v) is 7.88. The zero-order valence-electron chi connectivity index (χ0n) is 23.2. The Labute approximate surface area is 236 Å². The van der Waals surface area contributed by atoms with E-state index in [9.17, 15) is 9.59 Å². The first-order valence-corrected chi connectivity index (χ1v) is 14.0. The van der Waals surface area contributed by atoms with Gasteiger partial charge in [-0.1, -0.05) is 53.7 Å². The first kappa shape index (κ1) is 27.2. The van der Waals surface area contributed by atoms with Crippen LogP contribution in [-0.4, -0.2) is 27.8 Å². The van der Waals surface area contributed by atoms with Crippen molar-refractivity contribution in [3.63, 3.8) is 0 Å². The van der Waals surface area contributed by atoms with E-state index in [4.69, 9.17) is 20.9 Å². The third kappa shape index (κ3) is 4.67. The first-order chi connectivity index (χ1) is 19.3. The average molecular weight is 554 g/mol. The van der Waals surface area contributed by atoms with Gasteiger partial charge >= 0.3 is 5.97 Å². The van der Waals surface area contributed by atoms with Crippen LogP contribution in [0.1, 0.15) is 50.6 Å². The number of terminal acetylenes is 1. The molecule has 0 bridgehead atoms. The molecule has 0 unspecified atom stereocenters. The summed E-state index contributed by atoms with van der Waals surface area (Å²) in [7, 11) is 0. The van der Waals surface area contributed by atoms with E-state index < -0.39 is 12.0 Å². The van der Waals surface area contributed by atoms with Crippen molar-refractivity contribution in [3.8, 4) is 18.1 Å². The van der Waals surface area contributed by atoms with E-state index >= 15 is 0 Å². The Morgan fingerprint density at radius 2 is 1.90 bits per heavy atom. The van der Waals surface area contributed by atoms with Crippen LogP contribution in [-0.2, 0) is 16.1 Å². The lowest BCUT2D eigenvalue weighted by molar-refractivity contribution is -0.139. The van der Waals surface area contributed by atoms with Gasteiger partial charge in [-0.2, -0.15) is 0 Å². The number of hydrogen-bond acceptors (Lipinski definition) is 6. The van der Waals surface area contributed by atoms with Gasteiger partial charge in [-0.05, 0) is 52.8 Å². The number of carbonyl (C=O) groups excluding carboxylic acids is 1. The molecule has 40 heavy (non-hydrogen) atoms. The molecular formula is C32H31N3O4S. The van der Waals surface area contributed by atoms with Crippen LogP contribution in [0.4, 0.5) is 0 Å². The third-order valence-electron chi connectivity index (χ3n) is 6.90. The zero-order valence-corrected chi connectivity index (χ0v) is 24.0. The minimum atomic E-state index is -0.753. The monoisotopic (exact) mass is 553 g/mol. The number of rotatable bonds is 7. The molecule has 1 aliphatic rings. The predicted molar refractivity (Wildman–Crippen MR) is 158 cm³/mol.